The number of fused-ring (bicyclic) bond motifs is 1. The Morgan fingerprint density at radius 2 is 1.95 bits per heavy atom. The van der Waals surface area contributed by atoms with Gasteiger partial charge in [0.2, 0.25) is 0 Å². The van der Waals surface area contributed by atoms with Gasteiger partial charge in [0, 0.05) is 11.8 Å². The summed E-state index contributed by atoms with van der Waals surface area (Å²) in [4.78, 5) is 19.8. The number of hydrogen-bond donors (Lipinski definition) is 0. The number of carbonyl (C=O) groups excluding carboxylic acids is 1. The Hall–Kier alpha value is -1.70. The van der Waals surface area contributed by atoms with Crippen molar-refractivity contribution in [1.29, 1.82) is 0 Å². The monoisotopic (exact) mass is 343 g/mol. The third kappa shape index (κ3) is 2.27. The molecule has 0 fully saturated rings. The van der Waals surface area contributed by atoms with E-state index in [0.717, 1.165) is 4.31 Å². The van der Waals surface area contributed by atoms with Gasteiger partial charge in [-0.25, -0.2) is 14.3 Å². The van der Waals surface area contributed by atoms with E-state index in [1.807, 2.05) is 0 Å². The molecule has 21 heavy (non-hydrogen) atoms. The molecule has 3 rings (SSSR count). The van der Waals surface area contributed by atoms with Crippen LogP contribution in [0.25, 0.3) is 0 Å². The molecule has 0 N–H and O–H groups in total. The number of halogens is 2. The van der Waals surface area contributed by atoms with Crippen LogP contribution < -0.4 is 0 Å². The highest BCUT2D eigenvalue weighted by atomic mass is 35.5. The van der Waals surface area contributed by atoms with Gasteiger partial charge in [-0.05, 0) is 18.2 Å². The van der Waals surface area contributed by atoms with Crippen molar-refractivity contribution in [2.75, 3.05) is 0 Å². The second-order valence-electron chi connectivity index (χ2n) is 4.26. The van der Waals surface area contributed by atoms with Gasteiger partial charge in [-0.3, -0.25) is 4.79 Å². The summed E-state index contributed by atoms with van der Waals surface area (Å²) in [5, 5.41) is -0.00762. The molecule has 1 amide bonds. The SMILES string of the molecule is O=C1c2cccnc2S(=O)(=O)N1Cc1ccc(Cl)nc1Cl. The normalized spacial score (nSPS) is 16.1. The predicted molar refractivity (Wildman–Crippen MR) is 75.6 cm³/mol. The molecule has 108 valence electrons. The Morgan fingerprint density at radius 3 is 2.62 bits per heavy atom. The Labute approximate surface area is 130 Å². The van der Waals surface area contributed by atoms with Crippen LogP contribution in [0.2, 0.25) is 10.3 Å². The van der Waals surface area contributed by atoms with E-state index in [2.05, 4.69) is 9.97 Å². The molecule has 0 aromatic carbocycles. The summed E-state index contributed by atoms with van der Waals surface area (Å²) in [5.41, 5.74) is 0.432. The van der Waals surface area contributed by atoms with E-state index >= 15 is 0 Å². The summed E-state index contributed by atoms with van der Waals surface area (Å²) in [6, 6.07) is 5.93. The lowest BCUT2D eigenvalue weighted by Gasteiger charge is -2.15. The second-order valence-corrected chi connectivity index (χ2v) is 6.78. The van der Waals surface area contributed by atoms with Gasteiger partial charge in [-0.1, -0.05) is 29.3 Å². The van der Waals surface area contributed by atoms with Gasteiger partial charge in [0.05, 0.1) is 12.1 Å². The summed E-state index contributed by atoms with van der Waals surface area (Å²) in [6.45, 7) is -0.222. The molecule has 1 aliphatic rings. The fraction of sp³-hybridized carbons (Fsp3) is 0.0833. The highest BCUT2D eigenvalue weighted by molar-refractivity contribution is 7.90. The predicted octanol–water partition coefficient (Wildman–Crippen LogP) is 2.13. The molecule has 0 saturated carbocycles. The molecule has 0 radical (unpaired) electrons. The van der Waals surface area contributed by atoms with Crippen molar-refractivity contribution in [3.05, 3.63) is 51.9 Å². The zero-order valence-corrected chi connectivity index (χ0v) is 12.7. The maximum Gasteiger partial charge on any atom is 0.285 e. The molecular weight excluding hydrogens is 337 g/mol. The Balaban J connectivity index is 2.03. The molecule has 6 nitrogen and oxygen atoms in total. The number of hydrogen-bond acceptors (Lipinski definition) is 5. The van der Waals surface area contributed by atoms with Crippen LogP contribution in [-0.2, 0) is 16.6 Å². The van der Waals surface area contributed by atoms with Crippen LogP contribution in [-0.4, -0.2) is 28.6 Å². The summed E-state index contributed by atoms with van der Waals surface area (Å²) < 4.78 is 25.4. The van der Waals surface area contributed by atoms with Crippen molar-refractivity contribution >= 4 is 39.1 Å². The number of aromatic nitrogens is 2. The molecule has 0 spiro atoms. The van der Waals surface area contributed by atoms with Crippen molar-refractivity contribution in [2.24, 2.45) is 0 Å². The molecule has 0 aliphatic carbocycles. The Kier molecular flexibility index (Phi) is 3.35. The number of rotatable bonds is 2. The van der Waals surface area contributed by atoms with E-state index in [0.29, 0.717) is 5.56 Å². The molecule has 9 heteroatoms. The first-order valence-corrected chi connectivity index (χ1v) is 7.94. The van der Waals surface area contributed by atoms with Gasteiger partial charge in [0.1, 0.15) is 10.3 Å². The van der Waals surface area contributed by atoms with Gasteiger partial charge in [-0.2, -0.15) is 8.42 Å². The van der Waals surface area contributed by atoms with Crippen LogP contribution in [0.15, 0.2) is 35.5 Å². The van der Waals surface area contributed by atoms with Crippen molar-refractivity contribution in [3.8, 4) is 0 Å². The van der Waals surface area contributed by atoms with Gasteiger partial charge >= 0.3 is 0 Å². The topological polar surface area (TPSA) is 80.2 Å². The molecule has 0 saturated heterocycles. The van der Waals surface area contributed by atoms with Crippen LogP contribution in [0, 0.1) is 0 Å². The van der Waals surface area contributed by atoms with E-state index in [-0.39, 0.29) is 27.4 Å². The van der Waals surface area contributed by atoms with Crippen LogP contribution >= 0.6 is 23.2 Å². The van der Waals surface area contributed by atoms with Crippen molar-refractivity contribution in [3.63, 3.8) is 0 Å². The van der Waals surface area contributed by atoms with Crippen LogP contribution in [0.3, 0.4) is 0 Å². The van der Waals surface area contributed by atoms with Crippen LogP contribution in [0.5, 0.6) is 0 Å². The van der Waals surface area contributed by atoms with Gasteiger partial charge in [0.15, 0.2) is 5.03 Å². The minimum Gasteiger partial charge on any atom is -0.268 e. The van der Waals surface area contributed by atoms with Gasteiger partial charge < -0.3 is 0 Å². The lowest BCUT2D eigenvalue weighted by molar-refractivity contribution is 0.0865. The van der Waals surface area contributed by atoms with Crippen molar-refractivity contribution in [2.45, 2.75) is 11.6 Å². The average Bonchev–Trinajstić information content (AvgIpc) is 2.63. The number of sulfonamides is 1. The van der Waals surface area contributed by atoms with E-state index in [1.165, 1.54) is 30.5 Å². The van der Waals surface area contributed by atoms with E-state index in [1.54, 1.807) is 0 Å². The number of pyridine rings is 2. The molecule has 0 atom stereocenters. The van der Waals surface area contributed by atoms with Gasteiger partial charge in [-0.15, -0.1) is 0 Å². The second kappa shape index (κ2) is 4.94. The van der Waals surface area contributed by atoms with Crippen LogP contribution in [0.1, 0.15) is 15.9 Å². The third-order valence-corrected chi connectivity index (χ3v) is 5.20. The minimum atomic E-state index is -3.97. The number of amides is 1. The Morgan fingerprint density at radius 1 is 1.19 bits per heavy atom. The molecule has 1 aliphatic heterocycles. The molecule has 2 aromatic heterocycles. The standard InChI is InChI=1S/C12H7Cl2N3O3S/c13-9-4-3-7(10(14)16-9)6-17-12(18)8-2-1-5-15-11(8)21(17,19)20/h1-5H,6H2. The molecule has 0 unspecified atom stereocenters. The van der Waals surface area contributed by atoms with Gasteiger partial charge in [0.25, 0.3) is 15.9 Å². The lowest BCUT2D eigenvalue weighted by atomic mass is 10.2. The van der Waals surface area contributed by atoms with Crippen molar-refractivity contribution < 1.29 is 13.2 Å². The van der Waals surface area contributed by atoms with Crippen LogP contribution in [0.4, 0.5) is 0 Å². The summed E-state index contributed by atoms with van der Waals surface area (Å²) in [6.07, 6.45) is 1.32. The fourth-order valence-electron chi connectivity index (χ4n) is 1.98. The Bertz CT molecular complexity index is 855. The van der Waals surface area contributed by atoms with Crippen molar-refractivity contribution in [1.82, 2.24) is 14.3 Å². The number of carbonyl (C=O) groups is 1. The first-order valence-electron chi connectivity index (χ1n) is 5.74. The third-order valence-electron chi connectivity index (χ3n) is 2.97. The number of nitrogens with zero attached hydrogens (tertiary/aromatic N) is 3. The quantitative estimate of drug-likeness (QED) is 0.780. The van der Waals surface area contributed by atoms with E-state index in [9.17, 15) is 13.2 Å². The summed E-state index contributed by atoms with van der Waals surface area (Å²) in [5.74, 6) is -0.635. The highest BCUT2D eigenvalue weighted by Gasteiger charge is 2.42. The minimum absolute atomic E-state index is 0.0504. The molecule has 3 heterocycles. The first kappa shape index (κ1) is 14.2. The lowest BCUT2D eigenvalue weighted by Crippen LogP contribution is -2.29. The summed E-state index contributed by atoms with van der Waals surface area (Å²) >= 11 is 11.6. The maximum atomic E-state index is 12.3. The zero-order chi connectivity index (χ0) is 15.2. The maximum absolute atomic E-state index is 12.3. The van der Waals surface area contributed by atoms with E-state index < -0.39 is 15.9 Å². The molecule has 0 bridgehead atoms. The fourth-order valence-corrected chi connectivity index (χ4v) is 3.84. The van der Waals surface area contributed by atoms with E-state index in [4.69, 9.17) is 23.2 Å². The zero-order valence-electron chi connectivity index (χ0n) is 10.3. The first-order chi connectivity index (χ1) is 9.91. The largest absolute Gasteiger partial charge is 0.285 e. The average molecular weight is 344 g/mol. The summed E-state index contributed by atoms with van der Waals surface area (Å²) in [7, 11) is -3.97. The molecule has 2 aromatic rings. The highest BCUT2D eigenvalue weighted by Crippen LogP contribution is 2.30. The smallest absolute Gasteiger partial charge is 0.268 e. The molecular formula is C12H7Cl2N3O3S.